The van der Waals surface area contributed by atoms with Gasteiger partial charge in [-0.05, 0) is 18.1 Å². The number of nitrogens with zero attached hydrogens (tertiary/aromatic N) is 3. The van der Waals surface area contributed by atoms with Gasteiger partial charge in [0, 0.05) is 13.6 Å². The van der Waals surface area contributed by atoms with E-state index in [1.807, 2.05) is 24.1 Å². The van der Waals surface area contributed by atoms with E-state index in [2.05, 4.69) is 34.2 Å². The van der Waals surface area contributed by atoms with Crippen LogP contribution in [0.1, 0.15) is 11.1 Å². The van der Waals surface area contributed by atoms with Gasteiger partial charge < -0.3 is 10.6 Å². The van der Waals surface area contributed by atoms with Gasteiger partial charge in [-0.25, -0.2) is 5.10 Å². The molecule has 1 aromatic heterocycles. The van der Waals surface area contributed by atoms with Crippen molar-refractivity contribution in [3.63, 3.8) is 0 Å². The number of nitrogen functional groups attached to an aromatic ring is 1. The number of rotatable bonds is 3. The number of aromatic nitrogens is 3. The molecule has 84 valence electrons. The van der Waals surface area contributed by atoms with Crippen LogP contribution in [0.5, 0.6) is 0 Å². The molecule has 0 amide bonds. The Balaban J connectivity index is 2.13. The van der Waals surface area contributed by atoms with Crippen molar-refractivity contribution in [1.82, 2.24) is 15.2 Å². The molecule has 0 fully saturated rings. The molecule has 0 radical (unpaired) electrons. The summed E-state index contributed by atoms with van der Waals surface area (Å²) in [5, 5.41) is 6.63. The number of aryl methyl sites for hydroxylation is 1. The molecule has 5 nitrogen and oxygen atoms in total. The van der Waals surface area contributed by atoms with Crippen molar-refractivity contribution in [2.75, 3.05) is 17.7 Å². The second-order valence-corrected chi connectivity index (χ2v) is 3.80. The lowest BCUT2D eigenvalue weighted by atomic mass is 10.1. The zero-order valence-corrected chi connectivity index (χ0v) is 9.44. The third-order valence-electron chi connectivity index (χ3n) is 2.50. The highest BCUT2D eigenvalue weighted by atomic mass is 15.4. The number of H-pyrrole nitrogens is 1. The Bertz CT molecular complexity index is 477. The Hall–Kier alpha value is -2.04. The summed E-state index contributed by atoms with van der Waals surface area (Å²) < 4.78 is 0. The summed E-state index contributed by atoms with van der Waals surface area (Å²) in [5.74, 6) is 0.951. The number of anilines is 2. The lowest BCUT2D eigenvalue weighted by molar-refractivity contribution is 0.865. The van der Waals surface area contributed by atoms with Crippen LogP contribution in [0.2, 0.25) is 0 Å². The van der Waals surface area contributed by atoms with E-state index in [0.717, 1.165) is 6.54 Å². The van der Waals surface area contributed by atoms with Crippen molar-refractivity contribution in [3.8, 4) is 0 Å². The average Bonchev–Trinajstić information content (AvgIpc) is 2.68. The molecule has 0 unspecified atom stereocenters. The molecule has 0 aliphatic heterocycles. The number of nitrogens with one attached hydrogen (secondary N) is 1. The molecule has 0 aliphatic rings. The second kappa shape index (κ2) is 4.22. The van der Waals surface area contributed by atoms with Crippen molar-refractivity contribution in [1.29, 1.82) is 0 Å². The topological polar surface area (TPSA) is 70.8 Å². The van der Waals surface area contributed by atoms with Gasteiger partial charge in [-0.1, -0.05) is 24.3 Å². The molecule has 1 aromatic carbocycles. The van der Waals surface area contributed by atoms with E-state index in [1.54, 1.807) is 0 Å². The van der Waals surface area contributed by atoms with E-state index in [0.29, 0.717) is 11.9 Å². The molecule has 5 heteroatoms. The quantitative estimate of drug-likeness (QED) is 0.813. The smallest absolute Gasteiger partial charge is 0.246 e. The summed E-state index contributed by atoms with van der Waals surface area (Å²) in [6.07, 6.45) is 0. The van der Waals surface area contributed by atoms with Crippen LogP contribution < -0.4 is 10.6 Å². The van der Waals surface area contributed by atoms with Crippen LogP contribution >= 0.6 is 0 Å². The van der Waals surface area contributed by atoms with E-state index in [4.69, 9.17) is 5.73 Å². The maximum absolute atomic E-state index is 5.48. The summed E-state index contributed by atoms with van der Waals surface area (Å²) in [4.78, 5) is 6.03. The van der Waals surface area contributed by atoms with Crippen molar-refractivity contribution in [2.45, 2.75) is 13.5 Å². The highest BCUT2D eigenvalue weighted by Crippen LogP contribution is 2.13. The van der Waals surface area contributed by atoms with Crippen LogP contribution in [0.4, 0.5) is 11.9 Å². The van der Waals surface area contributed by atoms with Crippen molar-refractivity contribution in [3.05, 3.63) is 35.4 Å². The molecule has 0 atom stereocenters. The third kappa shape index (κ3) is 2.13. The molecule has 0 bridgehead atoms. The van der Waals surface area contributed by atoms with Crippen LogP contribution in [0, 0.1) is 6.92 Å². The molecule has 0 aliphatic carbocycles. The molecule has 3 N–H and O–H groups in total. The van der Waals surface area contributed by atoms with Gasteiger partial charge >= 0.3 is 0 Å². The SMILES string of the molecule is Cc1ccccc1CN(C)c1n[nH]c(N)n1. The molecule has 0 saturated carbocycles. The predicted molar refractivity (Wildman–Crippen MR) is 64.1 cm³/mol. The zero-order valence-electron chi connectivity index (χ0n) is 9.44. The van der Waals surface area contributed by atoms with Gasteiger partial charge in [0.15, 0.2) is 0 Å². The molecule has 0 saturated heterocycles. The number of hydrogen-bond acceptors (Lipinski definition) is 4. The Morgan fingerprint density at radius 1 is 1.38 bits per heavy atom. The fraction of sp³-hybridized carbons (Fsp3) is 0.273. The first-order chi connectivity index (χ1) is 7.66. The van der Waals surface area contributed by atoms with Gasteiger partial charge in [0.25, 0.3) is 0 Å². The lowest BCUT2D eigenvalue weighted by Gasteiger charge is -2.15. The number of hydrogen-bond donors (Lipinski definition) is 2. The standard InChI is InChI=1S/C11H15N5/c1-8-5-3-4-6-9(8)7-16(2)11-13-10(12)14-15-11/h3-6H,7H2,1-2H3,(H3,12,13,14,15). The number of aromatic amines is 1. The number of nitrogens with two attached hydrogens (primary N) is 1. The Labute approximate surface area is 94.3 Å². The second-order valence-electron chi connectivity index (χ2n) is 3.80. The van der Waals surface area contributed by atoms with Gasteiger partial charge in [-0.2, -0.15) is 4.98 Å². The molecule has 0 spiro atoms. The maximum atomic E-state index is 5.48. The van der Waals surface area contributed by atoms with Gasteiger partial charge in [0.2, 0.25) is 11.9 Å². The van der Waals surface area contributed by atoms with Crippen LogP contribution in [0.3, 0.4) is 0 Å². The van der Waals surface area contributed by atoms with Crippen LogP contribution in [0.15, 0.2) is 24.3 Å². The minimum absolute atomic E-state index is 0.339. The van der Waals surface area contributed by atoms with Crippen molar-refractivity contribution in [2.24, 2.45) is 0 Å². The fourth-order valence-electron chi connectivity index (χ4n) is 1.55. The van der Waals surface area contributed by atoms with Crippen LogP contribution in [-0.4, -0.2) is 22.2 Å². The van der Waals surface area contributed by atoms with Crippen LogP contribution in [-0.2, 0) is 6.54 Å². The van der Waals surface area contributed by atoms with E-state index < -0.39 is 0 Å². The maximum Gasteiger partial charge on any atom is 0.246 e. The Morgan fingerprint density at radius 3 is 2.75 bits per heavy atom. The highest BCUT2D eigenvalue weighted by Gasteiger charge is 2.08. The highest BCUT2D eigenvalue weighted by molar-refractivity contribution is 5.36. The first kappa shape index (κ1) is 10.5. The van der Waals surface area contributed by atoms with Gasteiger partial charge in [0.05, 0.1) is 0 Å². The average molecular weight is 217 g/mol. The monoisotopic (exact) mass is 217 g/mol. The lowest BCUT2D eigenvalue weighted by Crippen LogP contribution is -2.18. The molecule has 16 heavy (non-hydrogen) atoms. The Morgan fingerprint density at radius 2 is 2.12 bits per heavy atom. The predicted octanol–water partition coefficient (Wildman–Crippen LogP) is 1.33. The van der Waals surface area contributed by atoms with E-state index in [-0.39, 0.29) is 0 Å². The van der Waals surface area contributed by atoms with Gasteiger partial charge in [-0.3, -0.25) is 0 Å². The van der Waals surface area contributed by atoms with E-state index in [1.165, 1.54) is 11.1 Å². The van der Waals surface area contributed by atoms with Crippen molar-refractivity contribution < 1.29 is 0 Å². The summed E-state index contributed by atoms with van der Waals surface area (Å²) in [6, 6.07) is 8.25. The van der Waals surface area contributed by atoms with Crippen molar-refractivity contribution >= 4 is 11.9 Å². The minimum Gasteiger partial charge on any atom is -0.368 e. The molecule has 2 aromatic rings. The molecule has 2 rings (SSSR count). The van der Waals surface area contributed by atoms with Gasteiger partial charge in [0.1, 0.15) is 0 Å². The summed E-state index contributed by atoms with van der Waals surface area (Å²) in [6.45, 7) is 2.86. The number of benzene rings is 1. The Kier molecular flexibility index (Phi) is 2.76. The van der Waals surface area contributed by atoms with Crippen LogP contribution in [0.25, 0.3) is 0 Å². The fourth-order valence-corrected chi connectivity index (χ4v) is 1.55. The molecular weight excluding hydrogens is 202 g/mol. The summed E-state index contributed by atoms with van der Waals surface area (Å²) in [7, 11) is 1.94. The largest absolute Gasteiger partial charge is 0.368 e. The summed E-state index contributed by atoms with van der Waals surface area (Å²) >= 11 is 0. The first-order valence-electron chi connectivity index (χ1n) is 5.10. The molecular formula is C11H15N5. The normalized spacial score (nSPS) is 10.4. The van der Waals surface area contributed by atoms with Gasteiger partial charge in [-0.15, -0.1) is 5.10 Å². The van der Waals surface area contributed by atoms with E-state index >= 15 is 0 Å². The zero-order chi connectivity index (χ0) is 11.5. The van der Waals surface area contributed by atoms with E-state index in [9.17, 15) is 0 Å². The molecule has 1 heterocycles. The minimum atomic E-state index is 0.339. The first-order valence-corrected chi connectivity index (χ1v) is 5.10. The third-order valence-corrected chi connectivity index (χ3v) is 2.50. The summed E-state index contributed by atoms with van der Waals surface area (Å²) in [5.41, 5.74) is 8.00.